The normalized spacial score (nSPS) is 10.3. The van der Waals surface area contributed by atoms with E-state index in [-0.39, 0.29) is 0 Å². The van der Waals surface area contributed by atoms with Crippen LogP contribution in [0.15, 0.2) is 34.8 Å². The fraction of sp³-hybridized carbons (Fsp3) is 0.200. The predicted octanol–water partition coefficient (Wildman–Crippen LogP) is 4.32. The Hall–Kier alpha value is -1.68. The average molecular weight is 320 g/mol. The van der Waals surface area contributed by atoms with Crippen LogP contribution in [0.1, 0.15) is 28.7 Å². The summed E-state index contributed by atoms with van der Waals surface area (Å²) in [6.45, 7) is 4.00. The van der Waals surface area contributed by atoms with Crippen molar-refractivity contribution < 1.29 is 9.53 Å². The summed E-state index contributed by atoms with van der Waals surface area (Å²) in [7, 11) is 0. The van der Waals surface area contributed by atoms with Gasteiger partial charge in [0.05, 0.1) is 5.69 Å². The minimum Gasteiger partial charge on any atom is -0.455 e. The first-order chi connectivity index (χ1) is 9.13. The topological polar surface area (TPSA) is 39.2 Å². The molecule has 0 saturated carbocycles. The molecule has 0 saturated heterocycles. The van der Waals surface area contributed by atoms with Crippen LogP contribution in [-0.2, 0) is 6.42 Å². The molecule has 0 fully saturated rings. The molecular formula is C15H14BrNO2. The van der Waals surface area contributed by atoms with Crippen molar-refractivity contribution in [2.75, 3.05) is 0 Å². The lowest BCUT2D eigenvalue weighted by Gasteiger charge is -2.10. The lowest BCUT2D eigenvalue weighted by molar-refractivity contribution is 0.112. The van der Waals surface area contributed by atoms with Crippen molar-refractivity contribution in [1.29, 1.82) is 0 Å². The standard InChI is InChI=1S/C15H14BrNO2/c1-3-14-15(7-4-10(2)17-14)19-12-6-5-11(9-18)13(16)8-12/h4-9H,3H2,1-2H3. The molecule has 1 aromatic carbocycles. The van der Waals surface area contributed by atoms with E-state index in [2.05, 4.69) is 20.9 Å². The largest absolute Gasteiger partial charge is 0.455 e. The minimum atomic E-state index is 0.602. The average Bonchev–Trinajstić information content (AvgIpc) is 2.41. The maximum Gasteiger partial charge on any atom is 0.151 e. The van der Waals surface area contributed by atoms with Crippen LogP contribution in [0, 0.1) is 6.92 Å². The third-order valence-electron chi connectivity index (χ3n) is 2.73. The molecule has 98 valence electrons. The summed E-state index contributed by atoms with van der Waals surface area (Å²) in [5.41, 5.74) is 2.50. The molecule has 0 bridgehead atoms. The number of aryl methyl sites for hydroxylation is 2. The molecule has 0 radical (unpaired) electrons. The Kier molecular flexibility index (Phi) is 4.32. The molecule has 2 rings (SSSR count). The zero-order chi connectivity index (χ0) is 13.8. The Morgan fingerprint density at radius 1 is 1.32 bits per heavy atom. The maximum absolute atomic E-state index is 10.8. The van der Waals surface area contributed by atoms with E-state index in [1.54, 1.807) is 18.2 Å². The number of benzene rings is 1. The van der Waals surface area contributed by atoms with Gasteiger partial charge in [0.1, 0.15) is 11.5 Å². The number of carbonyl (C=O) groups excluding carboxylic acids is 1. The molecule has 0 N–H and O–H groups in total. The number of aldehydes is 1. The predicted molar refractivity (Wildman–Crippen MR) is 78.0 cm³/mol. The molecule has 1 heterocycles. The van der Waals surface area contributed by atoms with Gasteiger partial charge in [-0.15, -0.1) is 0 Å². The van der Waals surface area contributed by atoms with Gasteiger partial charge in [-0.1, -0.05) is 6.92 Å². The fourth-order valence-corrected chi connectivity index (χ4v) is 2.19. The van der Waals surface area contributed by atoms with E-state index >= 15 is 0 Å². The van der Waals surface area contributed by atoms with Gasteiger partial charge in [-0.3, -0.25) is 9.78 Å². The molecule has 0 atom stereocenters. The fourth-order valence-electron chi connectivity index (χ4n) is 1.74. The molecule has 1 aromatic heterocycles. The van der Waals surface area contributed by atoms with Gasteiger partial charge in [0.15, 0.2) is 6.29 Å². The van der Waals surface area contributed by atoms with E-state index in [4.69, 9.17) is 4.74 Å². The number of halogens is 1. The molecule has 0 unspecified atom stereocenters. The van der Waals surface area contributed by atoms with Crippen molar-refractivity contribution in [3.05, 3.63) is 51.8 Å². The maximum atomic E-state index is 10.8. The van der Waals surface area contributed by atoms with Crippen molar-refractivity contribution in [1.82, 2.24) is 4.98 Å². The van der Waals surface area contributed by atoms with E-state index in [1.165, 1.54) is 0 Å². The second kappa shape index (κ2) is 5.97. The third-order valence-corrected chi connectivity index (χ3v) is 3.42. The van der Waals surface area contributed by atoms with Crippen LogP contribution >= 0.6 is 15.9 Å². The van der Waals surface area contributed by atoms with Crippen LogP contribution in [0.4, 0.5) is 0 Å². The Balaban J connectivity index is 2.30. The lowest BCUT2D eigenvalue weighted by atomic mass is 10.2. The Morgan fingerprint density at radius 2 is 2.11 bits per heavy atom. The molecule has 2 aromatic rings. The number of nitrogens with zero attached hydrogens (tertiary/aromatic N) is 1. The van der Waals surface area contributed by atoms with Gasteiger partial charge in [0.2, 0.25) is 0 Å². The summed E-state index contributed by atoms with van der Waals surface area (Å²) in [6.07, 6.45) is 1.61. The van der Waals surface area contributed by atoms with Crippen LogP contribution in [0.5, 0.6) is 11.5 Å². The number of ether oxygens (including phenoxy) is 1. The van der Waals surface area contributed by atoms with Crippen LogP contribution in [0.25, 0.3) is 0 Å². The van der Waals surface area contributed by atoms with Gasteiger partial charge in [-0.2, -0.15) is 0 Å². The first-order valence-corrected chi connectivity index (χ1v) is 6.82. The summed E-state index contributed by atoms with van der Waals surface area (Å²) >= 11 is 3.34. The number of carbonyl (C=O) groups is 1. The molecule has 0 amide bonds. The number of hydrogen-bond acceptors (Lipinski definition) is 3. The summed E-state index contributed by atoms with van der Waals surface area (Å²) in [5, 5.41) is 0. The summed E-state index contributed by atoms with van der Waals surface area (Å²) < 4.78 is 6.55. The summed E-state index contributed by atoms with van der Waals surface area (Å²) in [6, 6.07) is 9.11. The van der Waals surface area contributed by atoms with E-state index in [0.717, 1.165) is 34.3 Å². The lowest BCUT2D eigenvalue weighted by Crippen LogP contribution is -1.96. The molecule has 0 aliphatic heterocycles. The van der Waals surface area contributed by atoms with E-state index in [1.807, 2.05) is 26.0 Å². The molecule has 3 nitrogen and oxygen atoms in total. The van der Waals surface area contributed by atoms with Crippen molar-refractivity contribution in [2.45, 2.75) is 20.3 Å². The van der Waals surface area contributed by atoms with Crippen molar-refractivity contribution in [3.63, 3.8) is 0 Å². The molecule has 19 heavy (non-hydrogen) atoms. The highest BCUT2D eigenvalue weighted by molar-refractivity contribution is 9.10. The third kappa shape index (κ3) is 3.20. The van der Waals surface area contributed by atoms with Crippen molar-refractivity contribution in [2.24, 2.45) is 0 Å². The highest BCUT2D eigenvalue weighted by atomic mass is 79.9. The number of aromatic nitrogens is 1. The Bertz CT molecular complexity index is 611. The van der Waals surface area contributed by atoms with Gasteiger partial charge < -0.3 is 4.74 Å². The number of pyridine rings is 1. The number of rotatable bonds is 4. The Morgan fingerprint density at radius 3 is 2.74 bits per heavy atom. The summed E-state index contributed by atoms with van der Waals surface area (Å²) in [5.74, 6) is 1.43. The molecule has 0 aliphatic rings. The van der Waals surface area contributed by atoms with E-state index < -0.39 is 0 Å². The van der Waals surface area contributed by atoms with Crippen LogP contribution < -0.4 is 4.74 Å². The van der Waals surface area contributed by atoms with Gasteiger partial charge in [-0.05, 0) is 59.6 Å². The van der Waals surface area contributed by atoms with Gasteiger partial charge >= 0.3 is 0 Å². The molecule has 0 spiro atoms. The second-order valence-corrected chi connectivity index (χ2v) is 5.01. The van der Waals surface area contributed by atoms with Crippen molar-refractivity contribution >= 4 is 22.2 Å². The molecular weight excluding hydrogens is 306 g/mol. The Labute approximate surface area is 120 Å². The van der Waals surface area contributed by atoms with Crippen LogP contribution in [-0.4, -0.2) is 11.3 Å². The highest BCUT2D eigenvalue weighted by Crippen LogP contribution is 2.28. The van der Waals surface area contributed by atoms with Gasteiger partial charge in [-0.25, -0.2) is 0 Å². The minimum absolute atomic E-state index is 0.602. The zero-order valence-electron chi connectivity index (χ0n) is 10.8. The zero-order valence-corrected chi connectivity index (χ0v) is 12.4. The monoisotopic (exact) mass is 319 g/mol. The van der Waals surface area contributed by atoms with Gasteiger partial charge in [0, 0.05) is 15.7 Å². The number of hydrogen-bond donors (Lipinski definition) is 0. The van der Waals surface area contributed by atoms with E-state index in [0.29, 0.717) is 11.3 Å². The first-order valence-electron chi connectivity index (χ1n) is 6.03. The summed E-state index contributed by atoms with van der Waals surface area (Å²) in [4.78, 5) is 15.2. The quantitative estimate of drug-likeness (QED) is 0.788. The van der Waals surface area contributed by atoms with Crippen LogP contribution in [0.3, 0.4) is 0 Å². The van der Waals surface area contributed by atoms with E-state index in [9.17, 15) is 4.79 Å². The highest BCUT2D eigenvalue weighted by Gasteiger charge is 2.07. The van der Waals surface area contributed by atoms with Crippen LogP contribution in [0.2, 0.25) is 0 Å². The van der Waals surface area contributed by atoms with Gasteiger partial charge in [0.25, 0.3) is 0 Å². The molecule has 4 heteroatoms. The first kappa shape index (κ1) is 13.7. The second-order valence-electron chi connectivity index (χ2n) is 4.15. The SMILES string of the molecule is CCc1nc(C)ccc1Oc1ccc(C=O)c(Br)c1. The smallest absolute Gasteiger partial charge is 0.151 e. The van der Waals surface area contributed by atoms with Crippen molar-refractivity contribution in [3.8, 4) is 11.5 Å². The molecule has 0 aliphatic carbocycles.